The molecule has 1 aliphatic heterocycles. The summed E-state index contributed by atoms with van der Waals surface area (Å²) >= 11 is 0. The third-order valence-corrected chi connectivity index (χ3v) is 5.75. The minimum Gasteiger partial charge on any atom is -0.493 e. The zero-order valence-corrected chi connectivity index (χ0v) is 19.9. The Hall–Kier alpha value is -3.68. The third kappa shape index (κ3) is 6.91. The van der Waals surface area contributed by atoms with Gasteiger partial charge in [-0.2, -0.15) is 0 Å². The highest BCUT2D eigenvalue weighted by atomic mass is 16.5. The Morgan fingerprint density at radius 2 is 1.65 bits per heavy atom. The van der Waals surface area contributed by atoms with Crippen molar-refractivity contribution in [3.05, 3.63) is 54.1 Å². The van der Waals surface area contributed by atoms with Crippen LogP contribution in [0.4, 0.5) is 0 Å². The smallest absolute Gasteiger partial charge is 0.260 e. The van der Waals surface area contributed by atoms with E-state index >= 15 is 0 Å². The van der Waals surface area contributed by atoms with Gasteiger partial charge in [0.25, 0.3) is 5.91 Å². The molecule has 2 aromatic rings. The van der Waals surface area contributed by atoms with Gasteiger partial charge in [-0.25, -0.2) is 0 Å². The summed E-state index contributed by atoms with van der Waals surface area (Å²) in [6.45, 7) is 1.94. The van der Waals surface area contributed by atoms with Gasteiger partial charge in [0, 0.05) is 25.7 Å². The second-order valence-corrected chi connectivity index (χ2v) is 7.96. The standard InChI is InChI=1S/C26H32N2O6/c1-31-22-15-20(16-23(32-2)26(22)33-3)9-10-24(29)27-17-19-11-13-28(14-12-19)25(30)18-34-21-7-5-4-6-8-21/h4-10,15-16,19H,11-14,17-18H2,1-3H3,(H,27,29). The van der Waals surface area contributed by atoms with E-state index in [-0.39, 0.29) is 18.4 Å². The van der Waals surface area contributed by atoms with Crippen LogP contribution in [0, 0.1) is 5.92 Å². The zero-order chi connectivity index (χ0) is 24.3. The van der Waals surface area contributed by atoms with E-state index in [0.717, 1.165) is 18.4 Å². The number of likely N-dealkylation sites (tertiary alicyclic amines) is 1. The number of nitrogens with one attached hydrogen (secondary N) is 1. The lowest BCUT2D eigenvalue weighted by atomic mass is 9.96. The van der Waals surface area contributed by atoms with Gasteiger partial charge in [-0.05, 0) is 54.7 Å². The Morgan fingerprint density at radius 3 is 2.24 bits per heavy atom. The minimum absolute atomic E-state index is 0.0142. The van der Waals surface area contributed by atoms with Crippen LogP contribution in [0.15, 0.2) is 48.5 Å². The summed E-state index contributed by atoms with van der Waals surface area (Å²) in [6, 6.07) is 12.9. The number of hydrogen-bond donors (Lipinski definition) is 1. The maximum absolute atomic E-state index is 12.4. The summed E-state index contributed by atoms with van der Waals surface area (Å²) in [4.78, 5) is 26.5. The topological polar surface area (TPSA) is 86.3 Å². The van der Waals surface area contributed by atoms with Crippen LogP contribution in [0.2, 0.25) is 0 Å². The van der Waals surface area contributed by atoms with E-state index in [1.54, 1.807) is 39.5 Å². The van der Waals surface area contributed by atoms with Gasteiger partial charge in [-0.3, -0.25) is 9.59 Å². The summed E-state index contributed by atoms with van der Waals surface area (Å²) in [5.41, 5.74) is 0.759. The molecule has 2 aromatic carbocycles. The minimum atomic E-state index is -0.177. The fourth-order valence-corrected chi connectivity index (χ4v) is 3.81. The quantitative estimate of drug-likeness (QED) is 0.539. The molecule has 1 heterocycles. The van der Waals surface area contributed by atoms with Crippen LogP contribution in [0.5, 0.6) is 23.0 Å². The van der Waals surface area contributed by atoms with Crippen molar-refractivity contribution in [2.24, 2.45) is 5.92 Å². The molecule has 1 aliphatic rings. The number of para-hydroxylation sites is 1. The van der Waals surface area contributed by atoms with E-state index in [2.05, 4.69) is 5.32 Å². The van der Waals surface area contributed by atoms with Gasteiger partial charge in [0.15, 0.2) is 18.1 Å². The van der Waals surface area contributed by atoms with Crippen molar-refractivity contribution in [3.63, 3.8) is 0 Å². The van der Waals surface area contributed by atoms with Gasteiger partial charge in [0.2, 0.25) is 11.7 Å². The first-order valence-electron chi connectivity index (χ1n) is 11.3. The van der Waals surface area contributed by atoms with Gasteiger partial charge in [-0.1, -0.05) is 18.2 Å². The molecule has 3 rings (SSSR count). The zero-order valence-electron chi connectivity index (χ0n) is 19.9. The maximum atomic E-state index is 12.4. The van der Waals surface area contributed by atoms with Gasteiger partial charge in [-0.15, -0.1) is 0 Å². The molecule has 0 bridgehead atoms. The van der Waals surface area contributed by atoms with Crippen LogP contribution in [0.25, 0.3) is 6.08 Å². The molecular formula is C26H32N2O6. The van der Waals surface area contributed by atoms with Crippen LogP contribution in [0.3, 0.4) is 0 Å². The molecule has 0 spiro atoms. The monoisotopic (exact) mass is 468 g/mol. The molecule has 1 N–H and O–H groups in total. The number of amides is 2. The van der Waals surface area contributed by atoms with Crippen molar-refractivity contribution < 1.29 is 28.5 Å². The molecule has 34 heavy (non-hydrogen) atoms. The summed E-state index contributed by atoms with van der Waals surface area (Å²) in [6.07, 6.45) is 4.87. The van der Waals surface area contributed by atoms with Gasteiger partial charge in [0.1, 0.15) is 5.75 Å². The predicted octanol–water partition coefficient (Wildman–Crippen LogP) is 3.16. The highest BCUT2D eigenvalue weighted by molar-refractivity contribution is 5.91. The van der Waals surface area contributed by atoms with Crippen LogP contribution < -0.4 is 24.3 Å². The predicted molar refractivity (Wildman–Crippen MR) is 129 cm³/mol. The number of carbonyl (C=O) groups excluding carboxylic acids is 2. The van der Waals surface area contributed by atoms with Crippen molar-refractivity contribution in [1.82, 2.24) is 10.2 Å². The first-order valence-corrected chi connectivity index (χ1v) is 11.3. The molecule has 182 valence electrons. The Kier molecular flexibility index (Phi) is 9.20. The van der Waals surface area contributed by atoms with Crippen LogP contribution in [-0.4, -0.2) is 64.3 Å². The second kappa shape index (κ2) is 12.5. The molecule has 2 amide bonds. The Bertz CT molecular complexity index is 959. The first-order chi connectivity index (χ1) is 16.5. The van der Waals surface area contributed by atoms with E-state index in [1.807, 2.05) is 35.2 Å². The van der Waals surface area contributed by atoms with E-state index in [4.69, 9.17) is 18.9 Å². The Labute approximate surface area is 200 Å². The van der Waals surface area contributed by atoms with E-state index < -0.39 is 0 Å². The molecule has 0 radical (unpaired) electrons. The SMILES string of the molecule is COc1cc(C=CC(=O)NCC2CCN(C(=O)COc3ccccc3)CC2)cc(OC)c1OC. The molecule has 0 saturated carbocycles. The van der Waals surface area contributed by atoms with E-state index in [9.17, 15) is 9.59 Å². The fourth-order valence-electron chi connectivity index (χ4n) is 3.81. The largest absolute Gasteiger partial charge is 0.493 e. The van der Waals surface area contributed by atoms with Crippen molar-refractivity contribution in [3.8, 4) is 23.0 Å². The Morgan fingerprint density at radius 1 is 1.00 bits per heavy atom. The lowest BCUT2D eigenvalue weighted by Gasteiger charge is -2.32. The van der Waals surface area contributed by atoms with E-state index in [0.29, 0.717) is 48.6 Å². The van der Waals surface area contributed by atoms with Crippen LogP contribution >= 0.6 is 0 Å². The van der Waals surface area contributed by atoms with Crippen LogP contribution in [-0.2, 0) is 9.59 Å². The average molecular weight is 469 g/mol. The highest BCUT2D eigenvalue weighted by Gasteiger charge is 2.23. The first kappa shape index (κ1) is 25.0. The van der Waals surface area contributed by atoms with Crippen molar-refractivity contribution in [2.75, 3.05) is 47.6 Å². The highest BCUT2D eigenvalue weighted by Crippen LogP contribution is 2.38. The second-order valence-electron chi connectivity index (χ2n) is 7.96. The molecular weight excluding hydrogens is 436 g/mol. The lowest BCUT2D eigenvalue weighted by molar-refractivity contribution is -0.134. The number of nitrogens with zero attached hydrogens (tertiary/aromatic N) is 1. The molecule has 0 atom stereocenters. The van der Waals surface area contributed by atoms with Gasteiger partial charge < -0.3 is 29.2 Å². The number of piperidine rings is 1. The summed E-state index contributed by atoms with van der Waals surface area (Å²) < 4.78 is 21.6. The van der Waals surface area contributed by atoms with Crippen molar-refractivity contribution >= 4 is 17.9 Å². The summed E-state index contributed by atoms with van der Waals surface area (Å²) in [5.74, 6) is 2.38. The summed E-state index contributed by atoms with van der Waals surface area (Å²) in [5, 5.41) is 2.95. The molecule has 0 unspecified atom stereocenters. The number of hydrogen-bond acceptors (Lipinski definition) is 6. The number of benzene rings is 2. The van der Waals surface area contributed by atoms with Crippen molar-refractivity contribution in [1.29, 1.82) is 0 Å². The molecule has 8 nitrogen and oxygen atoms in total. The molecule has 1 fully saturated rings. The van der Waals surface area contributed by atoms with Crippen LogP contribution in [0.1, 0.15) is 18.4 Å². The van der Waals surface area contributed by atoms with Gasteiger partial charge in [0.05, 0.1) is 21.3 Å². The molecule has 0 aromatic heterocycles. The Balaban J connectivity index is 1.42. The third-order valence-electron chi connectivity index (χ3n) is 5.75. The molecule has 8 heteroatoms. The van der Waals surface area contributed by atoms with Crippen molar-refractivity contribution in [2.45, 2.75) is 12.8 Å². The number of ether oxygens (including phenoxy) is 4. The normalized spacial score (nSPS) is 14.0. The fraction of sp³-hybridized carbons (Fsp3) is 0.385. The van der Waals surface area contributed by atoms with Gasteiger partial charge >= 0.3 is 0 Å². The summed E-state index contributed by atoms with van der Waals surface area (Å²) in [7, 11) is 4.64. The maximum Gasteiger partial charge on any atom is 0.260 e. The average Bonchev–Trinajstić information content (AvgIpc) is 2.89. The lowest BCUT2D eigenvalue weighted by Crippen LogP contribution is -2.43. The molecule has 1 saturated heterocycles. The molecule has 0 aliphatic carbocycles. The number of rotatable bonds is 10. The van der Waals surface area contributed by atoms with E-state index in [1.165, 1.54) is 6.08 Å². The number of methoxy groups -OCH3 is 3. The number of carbonyl (C=O) groups is 2.